The van der Waals surface area contributed by atoms with Crippen molar-refractivity contribution in [2.45, 2.75) is 0 Å². The maximum atomic E-state index is 11.9. The zero-order chi connectivity index (χ0) is 13.8. The summed E-state index contributed by atoms with van der Waals surface area (Å²) < 4.78 is 1.61. The van der Waals surface area contributed by atoms with Crippen LogP contribution in [0.15, 0.2) is 42.7 Å². The molecular weight excluding hydrogens is 246 g/mol. The summed E-state index contributed by atoms with van der Waals surface area (Å²) in [7, 11) is 1.77. The first-order chi connectivity index (χ1) is 9.08. The Bertz CT molecular complexity index is 659. The second kappa shape index (κ2) is 5.26. The first kappa shape index (κ1) is 12.7. The Morgan fingerprint density at radius 1 is 1.42 bits per heavy atom. The lowest BCUT2D eigenvalue weighted by Gasteiger charge is -1.97. The molecule has 2 rings (SSSR count). The van der Waals surface area contributed by atoms with Crippen LogP contribution < -0.4 is 0 Å². The standard InChI is InChI=1S/C13H11N3O3/c1-15-9-10(8-14-15)6-7-13(17)11-4-2-3-5-12(11)16(18)19/h2-9H,1H3/b7-6+. The van der Waals surface area contributed by atoms with Gasteiger partial charge in [-0.3, -0.25) is 19.6 Å². The van der Waals surface area contributed by atoms with Crippen molar-refractivity contribution in [3.63, 3.8) is 0 Å². The number of allylic oxidation sites excluding steroid dienone is 1. The molecule has 0 radical (unpaired) electrons. The molecular formula is C13H11N3O3. The number of rotatable bonds is 4. The second-order valence-corrected chi connectivity index (χ2v) is 3.92. The summed E-state index contributed by atoms with van der Waals surface area (Å²) in [4.78, 5) is 22.2. The minimum Gasteiger partial charge on any atom is -0.289 e. The Kier molecular flexibility index (Phi) is 3.51. The average Bonchev–Trinajstić information content (AvgIpc) is 2.81. The van der Waals surface area contributed by atoms with Crippen LogP contribution >= 0.6 is 0 Å². The summed E-state index contributed by atoms with van der Waals surface area (Å²) >= 11 is 0. The Labute approximate surface area is 109 Å². The number of para-hydroxylation sites is 1. The zero-order valence-electron chi connectivity index (χ0n) is 10.2. The molecule has 96 valence electrons. The molecule has 0 unspecified atom stereocenters. The van der Waals surface area contributed by atoms with Crippen molar-refractivity contribution in [3.8, 4) is 0 Å². The van der Waals surface area contributed by atoms with Crippen LogP contribution in [0, 0.1) is 10.1 Å². The number of ketones is 1. The summed E-state index contributed by atoms with van der Waals surface area (Å²) in [5.41, 5.74) is 0.644. The topological polar surface area (TPSA) is 78.0 Å². The van der Waals surface area contributed by atoms with Crippen LogP contribution in [-0.2, 0) is 7.05 Å². The van der Waals surface area contributed by atoms with E-state index in [-0.39, 0.29) is 11.3 Å². The van der Waals surface area contributed by atoms with Crippen molar-refractivity contribution in [3.05, 3.63) is 64.0 Å². The van der Waals surface area contributed by atoms with Crippen LogP contribution in [0.5, 0.6) is 0 Å². The van der Waals surface area contributed by atoms with E-state index in [0.29, 0.717) is 0 Å². The van der Waals surface area contributed by atoms with Crippen LogP contribution in [0.2, 0.25) is 0 Å². The first-order valence-electron chi connectivity index (χ1n) is 5.52. The van der Waals surface area contributed by atoms with Crippen molar-refractivity contribution >= 4 is 17.5 Å². The number of nitro groups is 1. The first-order valence-corrected chi connectivity index (χ1v) is 5.52. The number of benzene rings is 1. The Balaban J connectivity index is 2.25. The highest BCUT2D eigenvalue weighted by Gasteiger charge is 2.16. The molecule has 0 bridgehead atoms. The number of aryl methyl sites for hydroxylation is 1. The summed E-state index contributed by atoms with van der Waals surface area (Å²) in [5, 5.41) is 14.8. The molecule has 19 heavy (non-hydrogen) atoms. The molecule has 6 nitrogen and oxygen atoms in total. The fourth-order valence-corrected chi connectivity index (χ4v) is 1.63. The highest BCUT2D eigenvalue weighted by atomic mass is 16.6. The van der Waals surface area contributed by atoms with Crippen molar-refractivity contribution in [2.24, 2.45) is 7.05 Å². The zero-order valence-corrected chi connectivity index (χ0v) is 10.2. The number of aromatic nitrogens is 2. The van der Waals surface area contributed by atoms with Crippen LogP contribution in [-0.4, -0.2) is 20.5 Å². The SMILES string of the molecule is Cn1cc(/C=C/C(=O)c2ccccc2[N+](=O)[O-])cn1. The molecule has 0 amide bonds. The van der Waals surface area contributed by atoms with Gasteiger partial charge in [-0.05, 0) is 18.2 Å². The van der Waals surface area contributed by atoms with Gasteiger partial charge in [0.2, 0.25) is 0 Å². The van der Waals surface area contributed by atoms with Gasteiger partial charge >= 0.3 is 0 Å². The van der Waals surface area contributed by atoms with Crippen molar-refractivity contribution in [2.75, 3.05) is 0 Å². The van der Waals surface area contributed by atoms with Crippen LogP contribution in [0.25, 0.3) is 6.08 Å². The number of hydrogen-bond acceptors (Lipinski definition) is 4. The van der Waals surface area contributed by atoms with Gasteiger partial charge in [0.25, 0.3) is 5.69 Å². The lowest BCUT2D eigenvalue weighted by molar-refractivity contribution is -0.385. The van der Waals surface area contributed by atoms with Crippen molar-refractivity contribution in [1.29, 1.82) is 0 Å². The van der Waals surface area contributed by atoms with Crippen LogP contribution in [0.1, 0.15) is 15.9 Å². The molecule has 0 aliphatic rings. The largest absolute Gasteiger partial charge is 0.289 e. The van der Waals surface area contributed by atoms with E-state index in [4.69, 9.17) is 0 Å². The van der Waals surface area contributed by atoms with Gasteiger partial charge in [0.05, 0.1) is 16.7 Å². The monoisotopic (exact) mass is 257 g/mol. The van der Waals surface area contributed by atoms with Gasteiger partial charge in [0.15, 0.2) is 5.78 Å². The quantitative estimate of drug-likeness (QED) is 0.364. The van der Waals surface area contributed by atoms with Gasteiger partial charge in [0, 0.05) is 24.9 Å². The molecule has 0 saturated carbocycles. The van der Waals surface area contributed by atoms with Gasteiger partial charge in [0.1, 0.15) is 0 Å². The maximum absolute atomic E-state index is 11.9. The predicted octanol–water partition coefficient (Wildman–Crippen LogP) is 2.22. The number of hydrogen-bond donors (Lipinski definition) is 0. The van der Waals surface area contributed by atoms with Crippen molar-refractivity contribution in [1.82, 2.24) is 9.78 Å². The van der Waals surface area contributed by atoms with E-state index in [0.717, 1.165) is 5.56 Å². The van der Waals surface area contributed by atoms with Crippen LogP contribution in [0.4, 0.5) is 5.69 Å². The number of carbonyl (C=O) groups is 1. The van der Waals surface area contributed by atoms with E-state index >= 15 is 0 Å². The number of carbonyl (C=O) groups excluding carboxylic acids is 1. The van der Waals surface area contributed by atoms with Gasteiger partial charge in [-0.25, -0.2) is 0 Å². The fourth-order valence-electron chi connectivity index (χ4n) is 1.63. The second-order valence-electron chi connectivity index (χ2n) is 3.92. The Morgan fingerprint density at radius 3 is 2.79 bits per heavy atom. The minimum atomic E-state index is -0.564. The lowest BCUT2D eigenvalue weighted by atomic mass is 10.1. The molecule has 0 spiro atoms. The van der Waals surface area contributed by atoms with Gasteiger partial charge in [-0.15, -0.1) is 0 Å². The van der Waals surface area contributed by atoms with Gasteiger partial charge < -0.3 is 0 Å². The van der Waals surface area contributed by atoms with E-state index in [1.54, 1.807) is 36.3 Å². The fraction of sp³-hybridized carbons (Fsp3) is 0.0769. The summed E-state index contributed by atoms with van der Waals surface area (Å²) in [6.45, 7) is 0. The van der Waals surface area contributed by atoms with Gasteiger partial charge in [-0.1, -0.05) is 12.1 Å². The molecule has 0 fully saturated rings. The minimum absolute atomic E-state index is 0.0765. The molecule has 0 saturated heterocycles. The molecule has 1 aromatic carbocycles. The number of nitro benzene ring substituents is 1. The molecule has 6 heteroatoms. The molecule has 0 atom stereocenters. The lowest BCUT2D eigenvalue weighted by Crippen LogP contribution is -2.00. The maximum Gasteiger partial charge on any atom is 0.280 e. The summed E-state index contributed by atoms with van der Waals surface area (Å²) in [6, 6.07) is 5.87. The predicted molar refractivity (Wildman–Crippen MR) is 69.7 cm³/mol. The number of nitrogens with zero attached hydrogens (tertiary/aromatic N) is 3. The van der Waals surface area contributed by atoms with E-state index in [9.17, 15) is 14.9 Å². The third kappa shape index (κ3) is 2.92. The van der Waals surface area contributed by atoms with Gasteiger partial charge in [-0.2, -0.15) is 5.10 Å². The Hall–Kier alpha value is -2.76. The smallest absolute Gasteiger partial charge is 0.280 e. The third-order valence-electron chi connectivity index (χ3n) is 2.52. The molecule has 2 aromatic rings. The molecule has 1 heterocycles. The average molecular weight is 257 g/mol. The van der Waals surface area contributed by atoms with Crippen LogP contribution in [0.3, 0.4) is 0 Å². The Morgan fingerprint density at radius 2 is 2.16 bits per heavy atom. The third-order valence-corrected chi connectivity index (χ3v) is 2.52. The summed E-state index contributed by atoms with van der Waals surface area (Å²) in [6.07, 6.45) is 6.22. The summed E-state index contributed by atoms with van der Waals surface area (Å²) in [5.74, 6) is -0.406. The van der Waals surface area contributed by atoms with E-state index in [2.05, 4.69) is 5.10 Å². The van der Waals surface area contributed by atoms with E-state index in [1.807, 2.05) is 0 Å². The van der Waals surface area contributed by atoms with E-state index < -0.39 is 10.7 Å². The molecule has 0 N–H and O–H groups in total. The normalized spacial score (nSPS) is 10.8. The highest BCUT2D eigenvalue weighted by molar-refractivity contribution is 6.09. The molecule has 0 aliphatic carbocycles. The van der Waals surface area contributed by atoms with E-state index in [1.165, 1.54) is 24.3 Å². The molecule has 1 aromatic heterocycles. The highest BCUT2D eigenvalue weighted by Crippen LogP contribution is 2.18. The molecule has 0 aliphatic heterocycles. The van der Waals surface area contributed by atoms with Crippen molar-refractivity contribution < 1.29 is 9.72 Å².